The van der Waals surface area contributed by atoms with Gasteiger partial charge < -0.3 is 14.4 Å². The highest BCUT2D eigenvalue weighted by Gasteiger charge is 2.38. The molecule has 1 N–H and O–H groups in total. The monoisotopic (exact) mass is 465 g/mol. The van der Waals surface area contributed by atoms with Crippen LogP contribution < -0.4 is 4.74 Å². The number of carboxylic acids is 1. The standard InChI is InChI=1S/C18H14FN5O2.C2HF3O2/c1-9-15(10(2)26-22-9)12-6-13(19)16-17-18(12)25-8-14(24(17)23-21-16)11-4-3-5-20-7-11;3-2(4,5)1(6)7/h3-7,14H,8H2,1-2H3;(H,6,7). The highest BCUT2D eigenvalue weighted by Crippen LogP contribution is 2.43. The second-order valence-corrected chi connectivity index (χ2v) is 7.08. The molecular weight excluding hydrogens is 450 g/mol. The SMILES string of the molecule is Cc1noc(C)c1-c1cc(F)c2nnn3c2c1OCC3c1cccnc1.O=C(O)C(F)(F)F. The molecule has 1 atom stereocenters. The summed E-state index contributed by atoms with van der Waals surface area (Å²) in [5, 5.41) is 19.3. The fourth-order valence-electron chi connectivity index (χ4n) is 3.52. The predicted molar refractivity (Wildman–Crippen MR) is 104 cm³/mol. The molecule has 0 aliphatic carbocycles. The first-order valence-electron chi connectivity index (χ1n) is 9.43. The van der Waals surface area contributed by atoms with Gasteiger partial charge in [-0.15, -0.1) is 5.10 Å². The van der Waals surface area contributed by atoms with E-state index in [0.717, 1.165) is 11.1 Å². The second-order valence-electron chi connectivity index (χ2n) is 7.08. The van der Waals surface area contributed by atoms with Crippen LogP contribution in [0.5, 0.6) is 5.75 Å². The lowest BCUT2D eigenvalue weighted by Gasteiger charge is -2.25. The lowest BCUT2D eigenvalue weighted by atomic mass is 10.00. The number of aliphatic carboxylic acids is 1. The van der Waals surface area contributed by atoms with Crippen LogP contribution in [0.4, 0.5) is 17.6 Å². The van der Waals surface area contributed by atoms with Crippen LogP contribution in [0.25, 0.3) is 22.2 Å². The molecule has 4 heterocycles. The zero-order chi connectivity index (χ0) is 23.9. The Labute approximate surface area is 182 Å². The molecule has 1 aliphatic heterocycles. The summed E-state index contributed by atoms with van der Waals surface area (Å²) in [7, 11) is 0. The van der Waals surface area contributed by atoms with E-state index in [9.17, 15) is 17.6 Å². The van der Waals surface area contributed by atoms with Crippen LogP contribution in [0.15, 0.2) is 35.1 Å². The molecule has 0 amide bonds. The van der Waals surface area contributed by atoms with Gasteiger partial charge in [-0.3, -0.25) is 4.98 Å². The summed E-state index contributed by atoms with van der Waals surface area (Å²) in [6, 6.07) is 4.97. The van der Waals surface area contributed by atoms with Crippen molar-refractivity contribution in [2.45, 2.75) is 26.1 Å². The maximum atomic E-state index is 14.8. The molecule has 33 heavy (non-hydrogen) atoms. The summed E-state index contributed by atoms with van der Waals surface area (Å²) in [5.74, 6) is -2.07. The number of carbonyl (C=O) groups is 1. The van der Waals surface area contributed by atoms with Gasteiger partial charge in [-0.2, -0.15) is 13.2 Å². The molecule has 0 fully saturated rings. The lowest BCUT2D eigenvalue weighted by Crippen LogP contribution is -2.24. The normalized spacial score (nSPS) is 15.0. The van der Waals surface area contributed by atoms with Gasteiger partial charge in [-0.05, 0) is 31.5 Å². The number of benzene rings is 1. The quantitative estimate of drug-likeness (QED) is 0.444. The van der Waals surface area contributed by atoms with Gasteiger partial charge in [0.25, 0.3) is 0 Å². The number of nitrogens with zero attached hydrogens (tertiary/aromatic N) is 5. The molecule has 13 heteroatoms. The zero-order valence-electron chi connectivity index (χ0n) is 17.1. The van der Waals surface area contributed by atoms with Crippen LogP contribution >= 0.6 is 0 Å². The van der Waals surface area contributed by atoms with Crippen molar-refractivity contribution in [3.63, 3.8) is 0 Å². The van der Waals surface area contributed by atoms with E-state index in [1.165, 1.54) is 6.07 Å². The number of alkyl halides is 3. The van der Waals surface area contributed by atoms with Gasteiger partial charge in [0.1, 0.15) is 23.9 Å². The first kappa shape index (κ1) is 22.2. The zero-order valence-corrected chi connectivity index (χ0v) is 17.1. The van der Waals surface area contributed by atoms with E-state index in [1.807, 2.05) is 19.1 Å². The van der Waals surface area contributed by atoms with Crippen LogP contribution in [0, 0.1) is 19.7 Å². The van der Waals surface area contributed by atoms with Gasteiger partial charge in [-0.1, -0.05) is 16.4 Å². The minimum absolute atomic E-state index is 0.184. The van der Waals surface area contributed by atoms with Gasteiger partial charge in [0, 0.05) is 18.0 Å². The third kappa shape index (κ3) is 3.97. The van der Waals surface area contributed by atoms with Crippen molar-refractivity contribution >= 4 is 17.0 Å². The third-order valence-corrected chi connectivity index (χ3v) is 4.95. The number of pyridine rings is 1. The van der Waals surface area contributed by atoms with Crippen molar-refractivity contribution in [2.24, 2.45) is 0 Å². The van der Waals surface area contributed by atoms with Crippen molar-refractivity contribution < 1.29 is 36.7 Å². The third-order valence-electron chi connectivity index (χ3n) is 4.95. The molecule has 3 aromatic heterocycles. The Balaban J connectivity index is 0.000000325. The highest BCUT2D eigenvalue weighted by atomic mass is 19.4. The van der Waals surface area contributed by atoms with Crippen LogP contribution in [0.3, 0.4) is 0 Å². The molecule has 1 aliphatic rings. The summed E-state index contributed by atoms with van der Waals surface area (Å²) < 4.78 is 59.5. The van der Waals surface area contributed by atoms with Crippen LogP contribution in [-0.2, 0) is 4.79 Å². The van der Waals surface area contributed by atoms with E-state index >= 15 is 0 Å². The number of aromatic nitrogens is 5. The minimum atomic E-state index is -5.08. The van der Waals surface area contributed by atoms with Crippen molar-refractivity contribution in [1.82, 2.24) is 25.1 Å². The predicted octanol–water partition coefficient (Wildman–Crippen LogP) is 3.85. The van der Waals surface area contributed by atoms with Gasteiger partial charge in [0.05, 0.1) is 11.3 Å². The smallest absolute Gasteiger partial charge is 0.488 e. The second kappa shape index (κ2) is 8.15. The highest BCUT2D eigenvalue weighted by molar-refractivity contribution is 5.92. The van der Waals surface area contributed by atoms with E-state index in [1.54, 1.807) is 24.0 Å². The maximum absolute atomic E-state index is 14.8. The van der Waals surface area contributed by atoms with E-state index in [4.69, 9.17) is 19.2 Å². The number of rotatable bonds is 2. The molecule has 4 aromatic rings. The summed E-state index contributed by atoms with van der Waals surface area (Å²) >= 11 is 0. The largest absolute Gasteiger partial charge is 0.490 e. The summed E-state index contributed by atoms with van der Waals surface area (Å²) in [5.41, 5.74) is 3.64. The lowest BCUT2D eigenvalue weighted by molar-refractivity contribution is -0.192. The first-order chi connectivity index (χ1) is 15.6. The number of hydrogen-bond donors (Lipinski definition) is 1. The van der Waals surface area contributed by atoms with E-state index in [-0.39, 0.29) is 11.6 Å². The summed E-state index contributed by atoms with van der Waals surface area (Å²) in [4.78, 5) is 13.0. The molecule has 9 nitrogen and oxygen atoms in total. The molecule has 0 radical (unpaired) electrons. The Hall–Kier alpha value is -4.03. The van der Waals surface area contributed by atoms with Gasteiger partial charge >= 0.3 is 12.1 Å². The molecule has 172 valence electrons. The van der Waals surface area contributed by atoms with Gasteiger partial charge in [0.15, 0.2) is 17.1 Å². The van der Waals surface area contributed by atoms with E-state index < -0.39 is 18.0 Å². The Morgan fingerprint density at radius 3 is 2.61 bits per heavy atom. The van der Waals surface area contributed by atoms with Crippen molar-refractivity contribution in [3.8, 4) is 16.9 Å². The van der Waals surface area contributed by atoms with E-state index in [0.29, 0.717) is 34.9 Å². The first-order valence-corrected chi connectivity index (χ1v) is 9.43. The number of halogens is 4. The summed E-state index contributed by atoms with van der Waals surface area (Å²) in [6.45, 7) is 3.96. The molecular formula is C20H15F4N5O4. The Morgan fingerprint density at radius 1 is 1.30 bits per heavy atom. The molecule has 0 bridgehead atoms. The maximum Gasteiger partial charge on any atom is 0.490 e. The van der Waals surface area contributed by atoms with Crippen LogP contribution in [0.2, 0.25) is 0 Å². The number of carboxylic acid groups (broad SMARTS) is 1. The average molecular weight is 465 g/mol. The van der Waals surface area contributed by atoms with Crippen LogP contribution in [0.1, 0.15) is 23.1 Å². The Morgan fingerprint density at radius 2 is 2.03 bits per heavy atom. The van der Waals surface area contributed by atoms with Crippen LogP contribution in [-0.4, -0.2) is 49.0 Å². The van der Waals surface area contributed by atoms with Crippen molar-refractivity contribution in [3.05, 3.63) is 53.4 Å². The molecule has 0 saturated carbocycles. The van der Waals surface area contributed by atoms with E-state index in [2.05, 4.69) is 20.5 Å². The number of ether oxygens (including phenoxy) is 1. The van der Waals surface area contributed by atoms with Crippen molar-refractivity contribution in [2.75, 3.05) is 6.61 Å². The molecule has 1 aromatic carbocycles. The Kier molecular flexibility index (Phi) is 5.47. The minimum Gasteiger partial charge on any atom is -0.488 e. The van der Waals surface area contributed by atoms with Crippen molar-refractivity contribution in [1.29, 1.82) is 0 Å². The average Bonchev–Trinajstić information content (AvgIpc) is 3.36. The molecule has 0 spiro atoms. The number of hydrogen-bond acceptors (Lipinski definition) is 7. The van der Waals surface area contributed by atoms with Gasteiger partial charge in [0.2, 0.25) is 0 Å². The van der Waals surface area contributed by atoms with Gasteiger partial charge in [-0.25, -0.2) is 13.9 Å². The fraction of sp³-hybridized carbons (Fsp3) is 0.250. The number of aryl methyl sites for hydroxylation is 2. The molecule has 0 saturated heterocycles. The Bertz CT molecular complexity index is 1310. The molecule has 5 rings (SSSR count). The summed E-state index contributed by atoms with van der Waals surface area (Å²) in [6.07, 6.45) is -1.63. The molecule has 1 unspecified atom stereocenters. The fourth-order valence-corrected chi connectivity index (χ4v) is 3.52. The topological polar surface area (TPSA) is 116 Å².